The van der Waals surface area contributed by atoms with Crippen LogP contribution >= 0.6 is 0 Å². The Kier molecular flexibility index (Phi) is 5.67. The molecular formula is C23H30N2. The minimum Gasteiger partial charge on any atom is -0.254 e. The van der Waals surface area contributed by atoms with Crippen molar-refractivity contribution in [3.63, 3.8) is 0 Å². The van der Waals surface area contributed by atoms with E-state index in [1.807, 2.05) is 6.21 Å². The molecule has 0 saturated heterocycles. The molecule has 1 aromatic heterocycles. The van der Waals surface area contributed by atoms with E-state index in [0.717, 1.165) is 11.4 Å². The lowest BCUT2D eigenvalue weighted by molar-refractivity contribution is 0.697. The summed E-state index contributed by atoms with van der Waals surface area (Å²) in [7, 11) is 0. The van der Waals surface area contributed by atoms with Crippen LogP contribution < -0.4 is 0 Å². The van der Waals surface area contributed by atoms with Crippen LogP contribution in [0.4, 0.5) is 5.69 Å². The molecule has 0 spiro atoms. The topological polar surface area (TPSA) is 25.2 Å². The van der Waals surface area contributed by atoms with Crippen molar-refractivity contribution < 1.29 is 0 Å². The van der Waals surface area contributed by atoms with E-state index in [1.54, 1.807) is 0 Å². The van der Waals surface area contributed by atoms with Crippen LogP contribution in [-0.4, -0.2) is 11.2 Å². The molecule has 132 valence electrons. The average Bonchev–Trinajstić information content (AvgIpc) is 3.14. The molecule has 0 amide bonds. The number of nitrogens with zero attached hydrogens (tertiary/aromatic N) is 2. The summed E-state index contributed by atoms with van der Waals surface area (Å²) < 4.78 is 0. The standard InChI is InChI=1S/C23H30N2/c1-16(2)20-12-8-13-21(17(3)4)23(20)24-15-19-11-7-14-22(25-19)18-9-5-6-10-18/h7-8,11-18H,5-6,9-10H2,1-4H3. The Hall–Kier alpha value is -1.96. The normalized spacial score (nSPS) is 15.8. The summed E-state index contributed by atoms with van der Waals surface area (Å²) in [4.78, 5) is 9.77. The highest BCUT2D eigenvalue weighted by atomic mass is 14.8. The van der Waals surface area contributed by atoms with Gasteiger partial charge < -0.3 is 0 Å². The lowest BCUT2D eigenvalue weighted by atomic mass is 9.93. The van der Waals surface area contributed by atoms with Gasteiger partial charge in [-0.1, -0.05) is 64.8 Å². The van der Waals surface area contributed by atoms with Crippen molar-refractivity contribution in [3.8, 4) is 0 Å². The molecule has 1 saturated carbocycles. The second-order valence-corrected chi connectivity index (χ2v) is 7.82. The molecule has 0 aliphatic heterocycles. The molecule has 1 aromatic carbocycles. The predicted octanol–water partition coefficient (Wildman–Crippen LogP) is 6.74. The maximum atomic E-state index is 4.90. The van der Waals surface area contributed by atoms with Crippen molar-refractivity contribution >= 4 is 11.9 Å². The Labute approximate surface area is 152 Å². The summed E-state index contributed by atoms with van der Waals surface area (Å²) in [5.74, 6) is 1.56. The number of aliphatic imine (C=N–C) groups is 1. The SMILES string of the molecule is CC(C)c1cccc(C(C)C)c1N=Cc1cccc(C2CCCC2)n1. The highest BCUT2D eigenvalue weighted by Crippen LogP contribution is 2.35. The molecule has 2 aromatic rings. The third-order valence-electron chi connectivity index (χ3n) is 5.23. The fraction of sp³-hybridized carbons (Fsp3) is 0.478. The summed E-state index contributed by atoms with van der Waals surface area (Å²) in [5, 5.41) is 0. The van der Waals surface area contributed by atoms with Gasteiger partial charge >= 0.3 is 0 Å². The van der Waals surface area contributed by atoms with Gasteiger partial charge in [0.2, 0.25) is 0 Å². The molecule has 0 radical (unpaired) electrons. The summed E-state index contributed by atoms with van der Waals surface area (Å²) in [6.07, 6.45) is 7.18. The lowest BCUT2D eigenvalue weighted by Gasteiger charge is -2.16. The van der Waals surface area contributed by atoms with E-state index in [9.17, 15) is 0 Å². The molecule has 25 heavy (non-hydrogen) atoms. The summed E-state index contributed by atoms with van der Waals surface area (Å²) in [6, 6.07) is 12.9. The number of para-hydroxylation sites is 1. The molecule has 1 heterocycles. The summed E-state index contributed by atoms with van der Waals surface area (Å²) in [6.45, 7) is 8.93. The molecule has 2 heteroatoms. The Bertz CT molecular complexity index is 711. The third-order valence-corrected chi connectivity index (χ3v) is 5.23. The van der Waals surface area contributed by atoms with Crippen LogP contribution in [0, 0.1) is 0 Å². The smallest absolute Gasteiger partial charge is 0.0815 e. The van der Waals surface area contributed by atoms with E-state index >= 15 is 0 Å². The van der Waals surface area contributed by atoms with Gasteiger partial charge in [0.15, 0.2) is 0 Å². The maximum absolute atomic E-state index is 4.90. The van der Waals surface area contributed by atoms with Crippen LogP contribution in [0.2, 0.25) is 0 Å². The number of hydrogen-bond donors (Lipinski definition) is 0. The molecule has 1 aliphatic rings. The monoisotopic (exact) mass is 334 g/mol. The zero-order valence-corrected chi connectivity index (χ0v) is 16.0. The predicted molar refractivity (Wildman–Crippen MR) is 107 cm³/mol. The molecule has 0 atom stereocenters. The van der Waals surface area contributed by atoms with Crippen LogP contribution in [0.15, 0.2) is 41.4 Å². The molecule has 1 fully saturated rings. The minimum atomic E-state index is 0.462. The Morgan fingerprint density at radius 2 is 1.52 bits per heavy atom. The molecule has 0 unspecified atom stereocenters. The van der Waals surface area contributed by atoms with Crippen LogP contribution in [0.1, 0.15) is 93.6 Å². The van der Waals surface area contributed by atoms with Crippen LogP contribution in [0.5, 0.6) is 0 Å². The van der Waals surface area contributed by atoms with E-state index in [0.29, 0.717) is 17.8 Å². The van der Waals surface area contributed by atoms with Crippen LogP contribution in [0.25, 0.3) is 0 Å². The molecule has 0 N–H and O–H groups in total. The highest BCUT2D eigenvalue weighted by Gasteiger charge is 2.18. The van der Waals surface area contributed by atoms with Crippen molar-refractivity contribution in [1.82, 2.24) is 4.98 Å². The van der Waals surface area contributed by atoms with Crippen LogP contribution in [0.3, 0.4) is 0 Å². The lowest BCUT2D eigenvalue weighted by Crippen LogP contribution is -2.00. The fourth-order valence-electron chi connectivity index (χ4n) is 3.78. The van der Waals surface area contributed by atoms with E-state index < -0.39 is 0 Å². The van der Waals surface area contributed by atoms with Gasteiger partial charge in [0.05, 0.1) is 17.6 Å². The summed E-state index contributed by atoms with van der Waals surface area (Å²) in [5.41, 5.74) is 5.96. The molecule has 2 nitrogen and oxygen atoms in total. The van der Waals surface area contributed by atoms with Gasteiger partial charge in [0, 0.05) is 11.6 Å². The van der Waals surface area contributed by atoms with Gasteiger partial charge in [-0.15, -0.1) is 0 Å². The van der Waals surface area contributed by atoms with Gasteiger partial charge in [-0.3, -0.25) is 9.98 Å². The van der Waals surface area contributed by atoms with E-state index in [1.165, 1.54) is 42.5 Å². The van der Waals surface area contributed by atoms with Crippen molar-refractivity contribution in [3.05, 3.63) is 58.9 Å². The second-order valence-electron chi connectivity index (χ2n) is 7.82. The van der Waals surface area contributed by atoms with Gasteiger partial charge in [-0.25, -0.2) is 0 Å². The molecule has 1 aliphatic carbocycles. The largest absolute Gasteiger partial charge is 0.254 e. The van der Waals surface area contributed by atoms with Crippen molar-refractivity contribution in [2.75, 3.05) is 0 Å². The first-order valence-corrected chi connectivity index (χ1v) is 9.70. The number of rotatable bonds is 5. The van der Waals surface area contributed by atoms with Crippen molar-refractivity contribution in [2.24, 2.45) is 4.99 Å². The van der Waals surface area contributed by atoms with E-state index in [4.69, 9.17) is 9.98 Å². The van der Waals surface area contributed by atoms with Gasteiger partial charge in [-0.05, 0) is 47.9 Å². The highest BCUT2D eigenvalue weighted by molar-refractivity contribution is 5.81. The number of aromatic nitrogens is 1. The number of pyridine rings is 1. The van der Waals surface area contributed by atoms with Gasteiger partial charge in [-0.2, -0.15) is 0 Å². The van der Waals surface area contributed by atoms with E-state index in [2.05, 4.69) is 64.1 Å². The first-order valence-electron chi connectivity index (χ1n) is 9.70. The van der Waals surface area contributed by atoms with E-state index in [-0.39, 0.29) is 0 Å². The minimum absolute atomic E-state index is 0.462. The van der Waals surface area contributed by atoms with Crippen molar-refractivity contribution in [1.29, 1.82) is 0 Å². The summed E-state index contributed by atoms with van der Waals surface area (Å²) >= 11 is 0. The molecular weight excluding hydrogens is 304 g/mol. The second kappa shape index (κ2) is 7.95. The van der Waals surface area contributed by atoms with Gasteiger partial charge in [0.25, 0.3) is 0 Å². The fourth-order valence-corrected chi connectivity index (χ4v) is 3.78. The molecule has 0 bridgehead atoms. The Morgan fingerprint density at radius 3 is 2.12 bits per heavy atom. The molecule has 3 rings (SSSR count). The zero-order valence-electron chi connectivity index (χ0n) is 16.0. The van der Waals surface area contributed by atoms with Crippen LogP contribution in [-0.2, 0) is 0 Å². The Morgan fingerprint density at radius 1 is 0.920 bits per heavy atom. The maximum Gasteiger partial charge on any atom is 0.0815 e. The Balaban J connectivity index is 1.93. The van der Waals surface area contributed by atoms with Crippen molar-refractivity contribution in [2.45, 2.75) is 71.1 Å². The first-order chi connectivity index (χ1) is 12.1. The quantitative estimate of drug-likeness (QED) is 0.556. The zero-order chi connectivity index (χ0) is 17.8. The average molecular weight is 335 g/mol. The van der Waals surface area contributed by atoms with Gasteiger partial charge in [0.1, 0.15) is 0 Å². The number of hydrogen-bond acceptors (Lipinski definition) is 2. The first kappa shape index (κ1) is 17.8. The number of benzene rings is 1. The third kappa shape index (κ3) is 4.18.